The molecule has 0 fully saturated rings. The Labute approximate surface area is 179 Å². The zero-order valence-corrected chi connectivity index (χ0v) is 18.4. The van der Waals surface area contributed by atoms with Gasteiger partial charge >= 0.3 is 5.97 Å². The second-order valence-corrected chi connectivity index (χ2v) is 8.89. The number of hydrogen-bond acceptors (Lipinski definition) is 5. The minimum Gasteiger partial charge on any atom is -0.462 e. The Bertz CT molecular complexity index is 1040. The molecule has 0 heterocycles. The molecule has 10 heteroatoms. The summed E-state index contributed by atoms with van der Waals surface area (Å²) in [5, 5.41) is 3.05. The highest BCUT2D eigenvalue weighted by Crippen LogP contribution is 2.26. The molecule has 0 aromatic heterocycles. The zero-order valence-electron chi connectivity index (χ0n) is 16.0. The third-order valence-electron chi connectivity index (χ3n) is 3.89. The number of sulfonamides is 1. The van der Waals surface area contributed by atoms with E-state index in [1.807, 2.05) is 0 Å². The molecule has 0 saturated carbocycles. The van der Waals surface area contributed by atoms with Crippen molar-refractivity contribution in [2.24, 2.45) is 0 Å². The number of nitrogens with zero attached hydrogens (tertiary/aromatic N) is 1. The molecule has 0 unspecified atom stereocenters. The van der Waals surface area contributed by atoms with E-state index in [2.05, 4.69) is 5.32 Å². The summed E-state index contributed by atoms with van der Waals surface area (Å²) in [6.45, 7) is 3.21. The van der Waals surface area contributed by atoms with E-state index in [1.54, 1.807) is 26.0 Å². The lowest BCUT2D eigenvalue weighted by atomic mass is 10.2. The highest BCUT2D eigenvalue weighted by molar-refractivity contribution is 7.92. The number of halogens is 2. The van der Waals surface area contributed by atoms with Crippen molar-refractivity contribution in [3.05, 3.63) is 57.6 Å². The number of carbonyl (C=O) groups excluding carboxylic acids is 2. The first-order valence-corrected chi connectivity index (χ1v) is 11.1. The first-order chi connectivity index (χ1) is 13.5. The van der Waals surface area contributed by atoms with Crippen molar-refractivity contribution < 1.29 is 22.7 Å². The average Bonchev–Trinajstić information content (AvgIpc) is 2.63. The topological polar surface area (TPSA) is 92.8 Å². The number of anilines is 2. The number of aryl methyl sites for hydroxylation is 1. The normalized spacial score (nSPS) is 11.1. The SMILES string of the molecule is CCOC(=O)c1ccc(NC(=O)CN(c2ccc(C)c(Cl)c2)S(C)(=O)=O)c(Cl)c1. The van der Waals surface area contributed by atoms with Gasteiger partial charge in [0.05, 0.1) is 34.8 Å². The van der Waals surface area contributed by atoms with Crippen molar-refractivity contribution >= 4 is 56.5 Å². The summed E-state index contributed by atoms with van der Waals surface area (Å²) in [5.74, 6) is -1.15. The molecule has 2 aromatic rings. The van der Waals surface area contributed by atoms with E-state index in [0.717, 1.165) is 16.1 Å². The van der Waals surface area contributed by atoms with E-state index in [9.17, 15) is 18.0 Å². The van der Waals surface area contributed by atoms with Gasteiger partial charge in [0.1, 0.15) is 6.54 Å². The van der Waals surface area contributed by atoms with E-state index in [4.69, 9.17) is 27.9 Å². The van der Waals surface area contributed by atoms with Crippen LogP contribution in [0.5, 0.6) is 0 Å². The Morgan fingerprint density at radius 2 is 1.79 bits per heavy atom. The van der Waals surface area contributed by atoms with Gasteiger partial charge in [0.15, 0.2) is 0 Å². The summed E-state index contributed by atoms with van der Waals surface area (Å²) >= 11 is 12.2. The fourth-order valence-electron chi connectivity index (χ4n) is 2.41. The van der Waals surface area contributed by atoms with Crippen molar-refractivity contribution in [3.8, 4) is 0 Å². The van der Waals surface area contributed by atoms with Crippen LogP contribution in [0.3, 0.4) is 0 Å². The number of nitrogens with one attached hydrogen (secondary N) is 1. The monoisotopic (exact) mass is 458 g/mol. The highest BCUT2D eigenvalue weighted by atomic mass is 35.5. The van der Waals surface area contributed by atoms with Crippen LogP contribution >= 0.6 is 23.2 Å². The predicted molar refractivity (Wildman–Crippen MR) is 114 cm³/mol. The maximum Gasteiger partial charge on any atom is 0.338 e. The van der Waals surface area contributed by atoms with Crippen LogP contribution in [0.2, 0.25) is 10.0 Å². The van der Waals surface area contributed by atoms with E-state index in [1.165, 1.54) is 24.3 Å². The van der Waals surface area contributed by atoms with E-state index in [-0.39, 0.29) is 28.6 Å². The molecule has 0 aliphatic rings. The van der Waals surface area contributed by atoms with Crippen LogP contribution in [-0.2, 0) is 19.6 Å². The first-order valence-electron chi connectivity index (χ1n) is 8.53. The zero-order chi connectivity index (χ0) is 21.8. The molecule has 29 heavy (non-hydrogen) atoms. The molecule has 2 rings (SSSR count). The van der Waals surface area contributed by atoms with Gasteiger partial charge in [-0.1, -0.05) is 29.3 Å². The molecular formula is C19H20Cl2N2O5S. The van der Waals surface area contributed by atoms with Crippen LogP contribution in [-0.4, -0.2) is 39.7 Å². The number of ether oxygens (including phenoxy) is 1. The minimum absolute atomic E-state index is 0.119. The predicted octanol–water partition coefficient (Wildman–Crippen LogP) is 3.88. The van der Waals surface area contributed by atoms with Gasteiger partial charge in [0, 0.05) is 5.02 Å². The van der Waals surface area contributed by atoms with Crippen molar-refractivity contribution in [3.63, 3.8) is 0 Å². The average molecular weight is 459 g/mol. The summed E-state index contributed by atoms with van der Waals surface area (Å²) in [4.78, 5) is 24.2. The van der Waals surface area contributed by atoms with Crippen LogP contribution < -0.4 is 9.62 Å². The number of carbonyl (C=O) groups is 2. The third kappa shape index (κ3) is 6.09. The van der Waals surface area contributed by atoms with Gasteiger partial charge < -0.3 is 10.1 Å². The molecule has 0 saturated heterocycles. The number of rotatable bonds is 7. The third-order valence-corrected chi connectivity index (χ3v) is 5.75. The number of esters is 1. The van der Waals surface area contributed by atoms with Gasteiger partial charge in [-0.2, -0.15) is 0 Å². The first kappa shape index (κ1) is 23.0. The smallest absolute Gasteiger partial charge is 0.338 e. The molecule has 0 radical (unpaired) electrons. The van der Waals surface area contributed by atoms with Crippen LogP contribution in [0.25, 0.3) is 0 Å². The van der Waals surface area contributed by atoms with Gasteiger partial charge in [-0.25, -0.2) is 13.2 Å². The summed E-state index contributed by atoms with van der Waals surface area (Å²) in [5.41, 5.74) is 1.52. The molecule has 2 aromatic carbocycles. The van der Waals surface area contributed by atoms with E-state index >= 15 is 0 Å². The van der Waals surface area contributed by atoms with E-state index < -0.39 is 28.4 Å². The van der Waals surface area contributed by atoms with Crippen LogP contribution in [0.15, 0.2) is 36.4 Å². The van der Waals surface area contributed by atoms with Gasteiger partial charge in [-0.05, 0) is 49.7 Å². The molecule has 7 nitrogen and oxygen atoms in total. The van der Waals surface area contributed by atoms with Crippen molar-refractivity contribution in [2.75, 3.05) is 29.0 Å². The Balaban J connectivity index is 2.20. The Morgan fingerprint density at radius 3 is 2.34 bits per heavy atom. The minimum atomic E-state index is -3.75. The van der Waals surface area contributed by atoms with Crippen molar-refractivity contribution in [2.45, 2.75) is 13.8 Å². The van der Waals surface area contributed by atoms with Crippen molar-refractivity contribution in [1.82, 2.24) is 0 Å². The van der Waals surface area contributed by atoms with Gasteiger partial charge in [0.2, 0.25) is 15.9 Å². The van der Waals surface area contributed by atoms with Crippen molar-refractivity contribution in [1.29, 1.82) is 0 Å². The van der Waals surface area contributed by atoms with Crippen LogP contribution in [0, 0.1) is 6.92 Å². The van der Waals surface area contributed by atoms with Gasteiger partial charge in [-0.3, -0.25) is 9.10 Å². The number of benzene rings is 2. The van der Waals surface area contributed by atoms with E-state index in [0.29, 0.717) is 5.02 Å². The van der Waals surface area contributed by atoms with Gasteiger partial charge in [0.25, 0.3) is 0 Å². The second-order valence-electron chi connectivity index (χ2n) is 6.17. The van der Waals surface area contributed by atoms with Gasteiger partial charge in [-0.15, -0.1) is 0 Å². The van der Waals surface area contributed by atoms with Crippen LogP contribution in [0.4, 0.5) is 11.4 Å². The highest BCUT2D eigenvalue weighted by Gasteiger charge is 2.22. The Hall–Kier alpha value is -2.29. The molecule has 156 valence electrons. The lowest BCUT2D eigenvalue weighted by Gasteiger charge is -2.22. The fraction of sp³-hybridized carbons (Fsp3) is 0.263. The summed E-state index contributed by atoms with van der Waals surface area (Å²) < 4.78 is 30.2. The molecular weight excluding hydrogens is 439 g/mol. The summed E-state index contributed by atoms with van der Waals surface area (Å²) in [6, 6.07) is 8.97. The molecule has 0 aliphatic carbocycles. The Morgan fingerprint density at radius 1 is 1.10 bits per heavy atom. The lowest BCUT2D eigenvalue weighted by Crippen LogP contribution is -2.37. The Kier molecular flexibility index (Phi) is 7.51. The van der Waals surface area contributed by atoms with Crippen LogP contribution in [0.1, 0.15) is 22.8 Å². The number of hydrogen-bond donors (Lipinski definition) is 1. The summed E-state index contributed by atoms with van der Waals surface area (Å²) in [6.07, 6.45) is 0.995. The molecule has 1 amide bonds. The molecule has 0 atom stereocenters. The standard InChI is InChI=1S/C19H20Cl2N2O5S/c1-4-28-19(25)13-6-8-17(16(21)9-13)22-18(24)11-23(29(3,26)27)14-7-5-12(2)15(20)10-14/h5-10H,4,11H2,1-3H3,(H,22,24). The largest absolute Gasteiger partial charge is 0.462 e. The molecule has 0 bridgehead atoms. The lowest BCUT2D eigenvalue weighted by molar-refractivity contribution is -0.114. The molecule has 0 aliphatic heterocycles. The quantitative estimate of drug-likeness (QED) is 0.635. The number of amides is 1. The maximum absolute atomic E-state index is 12.5. The molecule has 0 spiro atoms. The molecule has 1 N–H and O–H groups in total. The summed E-state index contributed by atoms with van der Waals surface area (Å²) in [7, 11) is -3.75. The fourth-order valence-corrected chi connectivity index (χ4v) is 3.67. The second kappa shape index (κ2) is 9.47. The maximum atomic E-state index is 12.5.